The first-order chi connectivity index (χ1) is 8.40. The second kappa shape index (κ2) is 4.61. The molecule has 0 saturated carbocycles. The number of nitrogens with one attached hydrogen (secondary N) is 1. The van der Waals surface area contributed by atoms with Crippen molar-refractivity contribution in [1.29, 1.82) is 0 Å². The number of urea groups is 1. The second-order valence-corrected chi connectivity index (χ2v) is 5.99. The number of aliphatic carboxylic acids is 1. The fourth-order valence-electron chi connectivity index (χ4n) is 2.18. The summed E-state index contributed by atoms with van der Waals surface area (Å²) in [5.41, 5.74) is -0.679. The van der Waals surface area contributed by atoms with Crippen molar-refractivity contribution in [3.63, 3.8) is 0 Å². The van der Waals surface area contributed by atoms with Crippen molar-refractivity contribution in [2.75, 3.05) is 6.54 Å². The second-order valence-electron chi connectivity index (χ2n) is 5.01. The molecule has 0 aromatic carbocycles. The Morgan fingerprint density at radius 1 is 1.67 bits per heavy atom. The Morgan fingerprint density at radius 3 is 2.94 bits per heavy atom. The predicted molar refractivity (Wildman–Crippen MR) is 68.6 cm³/mol. The standard InChI is InChI=1S/C12H16N2O3S/c1-12(2,6-10(15)16)14-7-8(13-11(14)17)9-4-3-5-18-9/h3-5,8H,6-7H2,1-2H3,(H,13,17)(H,15,16). The largest absolute Gasteiger partial charge is 0.481 e. The van der Waals surface area contributed by atoms with E-state index in [1.807, 2.05) is 17.5 Å². The van der Waals surface area contributed by atoms with Crippen LogP contribution in [0, 0.1) is 0 Å². The highest BCUT2D eigenvalue weighted by Crippen LogP contribution is 2.30. The number of carboxylic acid groups (broad SMARTS) is 1. The highest BCUT2D eigenvalue weighted by atomic mass is 32.1. The normalized spacial score (nSPS) is 20.0. The minimum absolute atomic E-state index is 0.0365. The number of amides is 2. The summed E-state index contributed by atoms with van der Waals surface area (Å²) in [5, 5.41) is 13.7. The molecule has 18 heavy (non-hydrogen) atoms. The first kappa shape index (κ1) is 12.9. The van der Waals surface area contributed by atoms with Crippen LogP contribution >= 0.6 is 11.3 Å². The molecule has 1 saturated heterocycles. The molecule has 1 fully saturated rings. The Hall–Kier alpha value is -1.56. The van der Waals surface area contributed by atoms with E-state index in [0.717, 1.165) is 4.88 Å². The predicted octanol–water partition coefficient (Wildman–Crippen LogP) is 2.07. The third kappa shape index (κ3) is 2.48. The number of hydrogen-bond acceptors (Lipinski definition) is 3. The molecule has 1 aliphatic heterocycles. The Kier molecular flexibility index (Phi) is 3.30. The molecule has 0 radical (unpaired) electrons. The summed E-state index contributed by atoms with van der Waals surface area (Å²) in [6.07, 6.45) is -0.0580. The zero-order valence-corrected chi connectivity index (χ0v) is 11.2. The van der Waals surface area contributed by atoms with Crippen LogP contribution < -0.4 is 5.32 Å². The van der Waals surface area contributed by atoms with Gasteiger partial charge in [0.2, 0.25) is 0 Å². The molecular weight excluding hydrogens is 252 g/mol. The van der Waals surface area contributed by atoms with E-state index in [4.69, 9.17) is 5.11 Å². The van der Waals surface area contributed by atoms with Crippen LogP contribution in [0.5, 0.6) is 0 Å². The van der Waals surface area contributed by atoms with Gasteiger partial charge in [0.25, 0.3) is 0 Å². The summed E-state index contributed by atoms with van der Waals surface area (Å²) in [6.45, 7) is 4.06. The molecule has 2 rings (SSSR count). The van der Waals surface area contributed by atoms with E-state index in [9.17, 15) is 9.59 Å². The van der Waals surface area contributed by atoms with Crippen molar-refractivity contribution < 1.29 is 14.7 Å². The lowest BCUT2D eigenvalue weighted by atomic mass is 9.98. The summed E-state index contributed by atoms with van der Waals surface area (Å²) in [4.78, 5) is 25.5. The third-order valence-electron chi connectivity index (χ3n) is 3.11. The minimum atomic E-state index is -0.896. The molecule has 6 heteroatoms. The van der Waals surface area contributed by atoms with Gasteiger partial charge in [0.05, 0.1) is 12.5 Å². The average Bonchev–Trinajstić information content (AvgIpc) is 2.82. The molecule has 98 valence electrons. The van der Waals surface area contributed by atoms with E-state index in [0.29, 0.717) is 6.54 Å². The van der Waals surface area contributed by atoms with Crippen LogP contribution in [0.15, 0.2) is 17.5 Å². The Balaban J connectivity index is 2.12. The van der Waals surface area contributed by atoms with Crippen LogP contribution in [-0.4, -0.2) is 34.1 Å². The number of carbonyl (C=O) groups is 2. The molecule has 2 heterocycles. The number of nitrogens with zero attached hydrogens (tertiary/aromatic N) is 1. The van der Waals surface area contributed by atoms with E-state index >= 15 is 0 Å². The summed E-state index contributed by atoms with van der Waals surface area (Å²) < 4.78 is 0. The summed E-state index contributed by atoms with van der Waals surface area (Å²) in [7, 11) is 0. The van der Waals surface area contributed by atoms with Crippen molar-refractivity contribution >= 4 is 23.3 Å². The van der Waals surface area contributed by atoms with E-state index in [1.165, 1.54) is 0 Å². The summed E-state index contributed by atoms with van der Waals surface area (Å²) in [6, 6.07) is 3.69. The van der Waals surface area contributed by atoms with Gasteiger partial charge < -0.3 is 15.3 Å². The van der Waals surface area contributed by atoms with E-state index in [-0.39, 0.29) is 18.5 Å². The van der Waals surface area contributed by atoms with Gasteiger partial charge in [-0.3, -0.25) is 4.79 Å². The van der Waals surface area contributed by atoms with Crippen molar-refractivity contribution in [2.45, 2.75) is 31.8 Å². The molecule has 0 aliphatic carbocycles. The molecule has 1 atom stereocenters. The molecule has 1 aromatic heterocycles. The highest BCUT2D eigenvalue weighted by Gasteiger charge is 2.40. The lowest BCUT2D eigenvalue weighted by molar-refractivity contribution is -0.139. The fraction of sp³-hybridized carbons (Fsp3) is 0.500. The van der Waals surface area contributed by atoms with Crippen LogP contribution in [0.4, 0.5) is 4.79 Å². The number of thiophene rings is 1. The summed E-state index contributed by atoms with van der Waals surface area (Å²) >= 11 is 1.59. The topological polar surface area (TPSA) is 69.6 Å². The number of carbonyl (C=O) groups excluding carboxylic acids is 1. The van der Waals surface area contributed by atoms with E-state index in [2.05, 4.69) is 5.32 Å². The van der Waals surface area contributed by atoms with Crippen LogP contribution in [-0.2, 0) is 4.79 Å². The Bertz CT molecular complexity index is 456. The first-order valence-electron chi connectivity index (χ1n) is 5.73. The van der Waals surface area contributed by atoms with Gasteiger partial charge >= 0.3 is 12.0 Å². The molecule has 5 nitrogen and oxygen atoms in total. The van der Waals surface area contributed by atoms with Crippen LogP contribution in [0.2, 0.25) is 0 Å². The van der Waals surface area contributed by atoms with Gasteiger partial charge in [-0.1, -0.05) is 6.07 Å². The molecule has 0 spiro atoms. The SMILES string of the molecule is CC(C)(CC(=O)O)N1CC(c2cccs2)NC1=O. The number of hydrogen-bond donors (Lipinski definition) is 2. The van der Waals surface area contributed by atoms with Crippen molar-refractivity contribution in [3.8, 4) is 0 Å². The molecule has 2 amide bonds. The Labute approximate surface area is 109 Å². The maximum atomic E-state index is 11.9. The van der Waals surface area contributed by atoms with Gasteiger partial charge in [-0.15, -0.1) is 11.3 Å². The molecular formula is C12H16N2O3S. The number of carboxylic acids is 1. The molecule has 1 aliphatic rings. The Morgan fingerprint density at radius 2 is 2.39 bits per heavy atom. The van der Waals surface area contributed by atoms with E-state index in [1.54, 1.807) is 30.1 Å². The maximum Gasteiger partial charge on any atom is 0.318 e. The van der Waals surface area contributed by atoms with Crippen molar-refractivity contribution in [1.82, 2.24) is 10.2 Å². The van der Waals surface area contributed by atoms with Gasteiger partial charge in [0, 0.05) is 17.0 Å². The first-order valence-corrected chi connectivity index (χ1v) is 6.61. The zero-order valence-electron chi connectivity index (χ0n) is 10.3. The third-order valence-corrected chi connectivity index (χ3v) is 4.10. The molecule has 0 bridgehead atoms. The zero-order chi connectivity index (χ0) is 13.3. The average molecular weight is 268 g/mol. The van der Waals surface area contributed by atoms with Crippen LogP contribution in [0.3, 0.4) is 0 Å². The molecule has 1 aromatic rings. The van der Waals surface area contributed by atoms with Gasteiger partial charge in [0.15, 0.2) is 0 Å². The van der Waals surface area contributed by atoms with Crippen molar-refractivity contribution in [2.24, 2.45) is 0 Å². The van der Waals surface area contributed by atoms with Gasteiger partial charge in [-0.25, -0.2) is 4.79 Å². The van der Waals surface area contributed by atoms with Crippen LogP contribution in [0.25, 0.3) is 0 Å². The molecule has 1 unspecified atom stereocenters. The summed E-state index contributed by atoms with van der Waals surface area (Å²) in [5.74, 6) is -0.896. The van der Waals surface area contributed by atoms with Gasteiger partial charge in [-0.2, -0.15) is 0 Å². The maximum absolute atomic E-state index is 11.9. The highest BCUT2D eigenvalue weighted by molar-refractivity contribution is 7.10. The fourth-order valence-corrected chi connectivity index (χ4v) is 2.95. The number of rotatable bonds is 4. The van der Waals surface area contributed by atoms with Crippen LogP contribution in [0.1, 0.15) is 31.2 Å². The van der Waals surface area contributed by atoms with Crippen molar-refractivity contribution in [3.05, 3.63) is 22.4 Å². The lowest BCUT2D eigenvalue weighted by Gasteiger charge is -2.33. The molecule has 2 N–H and O–H groups in total. The lowest BCUT2D eigenvalue weighted by Crippen LogP contribution is -2.47. The monoisotopic (exact) mass is 268 g/mol. The van der Waals surface area contributed by atoms with Gasteiger partial charge in [-0.05, 0) is 25.3 Å². The van der Waals surface area contributed by atoms with Gasteiger partial charge in [0.1, 0.15) is 0 Å². The minimum Gasteiger partial charge on any atom is -0.481 e. The smallest absolute Gasteiger partial charge is 0.318 e. The van der Waals surface area contributed by atoms with E-state index < -0.39 is 11.5 Å². The quantitative estimate of drug-likeness (QED) is 0.878.